The zero-order valence-corrected chi connectivity index (χ0v) is 17.2. The minimum Gasteiger partial charge on any atom is -0.326 e. The third kappa shape index (κ3) is 4.61. The van der Waals surface area contributed by atoms with Gasteiger partial charge in [0.05, 0.1) is 21.1 Å². The molecule has 0 aliphatic carbocycles. The number of rotatable bonds is 9. The molecule has 2 aromatic carbocycles. The molecule has 3 rings (SSSR count). The summed E-state index contributed by atoms with van der Waals surface area (Å²) in [5.41, 5.74) is 0.397. The summed E-state index contributed by atoms with van der Waals surface area (Å²) in [7, 11) is 0. The van der Waals surface area contributed by atoms with Gasteiger partial charge in [-0.1, -0.05) is 18.6 Å². The summed E-state index contributed by atoms with van der Waals surface area (Å²) in [4.78, 5) is 58.9. The lowest BCUT2D eigenvalue weighted by Crippen LogP contribution is -2.30. The first kappa shape index (κ1) is 22.5. The van der Waals surface area contributed by atoms with Gasteiger partial charge in [0.25, 0.3) is 23.2 Å². The number of nitrogens with one attached hydrogen (secondary N) is 1. The molecule has 0 saturated carbocycles. The maximum absolute atomic E-state index is 12.5. The molecule has 0 radical (unpaired) electrons. The number of aryl methyl sites for hydroxylation is 1. The third-order valence-corrected chi connectivity index (χ3v) is 5.17. The maximum Gasteiger partial charge on any atom is 0.282 e. The monoisotopic (exact) mass is 440 g/mol. The van der Waals surface area contributed by atoms with Crippen LogP contribution in [0.1, 0.15) is 52.0 Å². The summed E-state index contributed by atoms with van der Waals surface area (Å²) in [6.45, 7) is 1.82. The highest BCUT2D eigenvalue weighted by molar-refractivity contribution is 6.23. The van der Waals surface area contributed by atoms with Gasteiger partial charge in [-0.25, -0.2) is 0 Å². The van der Waals surface area contributed by atoms with Crippen molar-refractivity contribution in [3.8, 4) is 0 Å². The zero-order chi connectivity index (χ0) is 23.4. The van der Waals surface area contributed by atoms with Crippen molar-refractivity contribution in [2.75, 3.05) is 11.9 Å². The van der Waals surface area contributed by atoms with Crippen LogP contribution < -0.4 is 5.32 Å². The zero-order valence-electron chi connectivity index (χ0n) is 17.2. The standard InChI is InChI=1S/C21H20N4O7/c1-13-9-10-14(24(29)30)12-16(13)22-18(26)8-3-2-4-11-23-20(27)15-6-5-7-17(25(31)32)19(15)21(23)28/h5-7,9-10,12H,2-4,8,11H2,1H3,(H,22,26). The fraction of sp³-hybridized carbons (Fsp3) is 0.286. The number of carbonyl (C=O) groups is 3. The van der Waals surface area contributed by atoms with E-state index >= 15 is 0 Å². The number of hydrogen-bond acceptors (Lipinski definition) is 7. The van der Waals surface area contributed by atoms with Gasteiger partial charge in [-0.2, -0.15) is 0 Å². The number of unbranched alkanes of at least 4 members (excludes halogenated alkanes) is 2. The molecule has 1 N–H and O–H groups in total. The van der Waals surface area contributed by atoms with E-state index in [4.69, 9.17) is 0 Å². The molecule has 1 aliphatic heterocycles. The molecule has 32 heavy (non-hydrogen) atoms. The first-order valence-electron chi connectivity index (χ1n) is 9.89. The molecule has 166 valence electrons. The minimum absolute atomic E-state index is 0.0240. The number of nitro benzene ring substituents is 2. The first-order chi connectivity index (χ1) is 15.2. The number of anilines is 1. The Labute approximate surface area is 182 Å². The fourth-order valence-electron chi connectivity index (χ4n) is 3.47. The van der Waals surface area contributed by atoms with E-state index in [0.717, 1.165) is 4.90 Å². The van der Waals surface area contributed by atoms with Crippen molar-refractivity contribution in [3.63, 3.8) is 0 Å². The van der Waals surface area contributed by atoms with Crippen molar-refractivity contribution in [2.24, 2.45) is 0 Å². The van der Waals surface area contributed by atoms with Crippen LogP contribution in [0.25, 0.3) is 0 Å². The van der Waals surface area contributed by atoms with Gasteiger partial charge in [-0.05, 0) is 31.4 Å². The van der Waals surface area contributed by atoms with Crippen molar-refractivity contribution < 1.29 is 24.2 Å². The van der Waals surface area contributed by atoms with Gasteiger partial charge >= 0.3 is 0 Å². The Kier molecular flexibility index (Phi) is 6.57. The van der Waals surface area contributed by atoms with Crippen molar-refractivity contribution in [1.29, 1.82) is 0 Å². The molecule has 11 heteroatoms. The van der Waals surface area contributed by atoms with Gasteiger partial charge in [0.2, 0.25) is 5.91 Å². The molecular weight excluding hydrogens is 420 g/mol. The van der Waals surface area contributed by atoms with Crippen LogP contribution in [0.15, 0.2) is 36.4 Å². The summed E-state index contributed by atoms with van der Waals surface area (Å²) >= 11 is 0. The third-order valence-electron chi connectivity index (χ3n) is 5.17. The molecule has 0 atom stereocenters. The minimum atomic E-state index is -0.685. The van der Waals surface area contributed by atoms with Crippen molar-refractivity contribution in [1.82, 2.24) is 4.90 Å². The lowest BCUT2D eigenvalue weighted by Gasteiger charge is -2.13. The van der Waals surface area contributed by atoms with Crippen LogP contribution in [0, 0.1) is 27.2 Å². The van der Waals surface area contributed by atoms with E-state index in [0.29, 0.717) is 30.5 Å². The number of nitrogens with zero attached hydrogens (tertiary/aromatic N) is 3. The Morgan fingerprint density at radius 1 is 1.00 bits per heavy atom. The van der Waals surface area contributed by atoms with Crippen LogP contribution in [0.4, 0.5) is 17.1 Å². The molecule has 11 nitrogen and oxygen atoms in total. The summed E-state index contributed by atoms with van der Waals surface area (Å²) in [6.07, 6.45) is 1.61. The number of benzene rings is 2. The van der Waals surface area contributed by atoms with Gasteiger partial charge in [-0.3, -0.25) is 39.5 Å². The van der Waals surface area contributed by atoms with Crippen LogP contribution in [-0.4, -0.2) is 39.0 Å². The molecular formula is C21H20N4O7. The van der Waals surface area contributed by atoms with E-state index in [2.05, 4.69) is 5.32 Å². The molecule has 0 saturated heterocycles. The summed E-state index contributed by atoms with van der Waals surface area (Å²) in [6, 6.07) is 8.17. The van der Waals surface area contributed by atoms with Crippen molar-refractivity contribution in [3.05, 3.63) is 73.3 Å². The number of fused-ring (bicyclic) bond motifs is 1. The number of amides is 3. The maximum atomic E-state index is 12.5. The lowest BCUT2D eigenvalue weighted by molar-refractivity contribution is -0.385. The van der Waals surface area contributed by atoms with Crippen molar-refractivity contribution in [2.45, 2.75) is 32.6 Å². The largest absolute Gasteiger partial charge is 0.326 e. The van der Waals surface area contributed by atoms with E-state index in [-0.39, 0.29) is 35.7 Å². The molecule has 0 spiro atoms. The highest BCUT2D eigenvalue weighted by Crippen LogP contribution is 2.31. The Balaban J connectivity index is 1.49. The molecule has 0 fully saturated rings. The SMILES string of the molecule is Cc1ccc([N+](=O)[O-])cc1NC(=O)CCCCCN1C(=O)c2cccc([N+](=O)[O-])c2C1=O. The molecule has 0 unspecified atom stereocenters. The average molecular weight is 440 g/mol. The van der Waals surface area contributed by atoms with Gasteiger partial charge in [0.15, 0.2) is 0 Å². The Hall–Kier alpha value is -4.15. The number of imide groups is 1. The smallest absolute Gasteiger partial charge is 0.282 e. The predicted molar refractivity (Wildman–Crippen MR) is 113 cm³/mol. The normalized spacial score (nSPS) is 12.6. The highest BCUT2D eigenvalue weighted by atomic mass is 16.6. The van der Waals surface area contributed by atoms with Gasteiger partial charge < -0.3 is 5.32 Å². The number of hydrogen-bond donors (Lipinski definition) is 1. The first-order valence-corrected chi connectivity index (χ1v) is 9.89. The van der Waals surface area contributed by atoms with Gasteiger partial charge in [-0.15, -0.1) is 0 Å². The fourth-order valence-corrected chi connectivity index (χ4v) is 3.47. The van der Waals surface area contributed by atoms with E-state index in [1.54, 1.807) is 13.0 Å². The summed E-state index contributed by atoms with van der Waals surface area (Å²) in [5.74, 6) is -1.55. The second kappa shape index (κ2) is 9.33. The Bertz CT molecular complexity index is 1130. The number of carbonyl (C=O) groups excluding carboxylic acids is 3. The predicted octanol–water partition coefficient (Wildman–Crippen LogP) is 3.61. The van der Waals surface area contributed by atoms with E-state index in [1.807, 2.05) is 0 Å². The van der Waals surface area contributed by atoms with E-state index in [1.165, 1.54) is 30.3 Å². The summed E-state index contributed by atoms with van der Waals surface area (Å²) in [5, 5.41) is 24.7. The molecule has 0 aromatic heterocycles. The molecule has 0 bridgehead atoms. The van der Waals surface area contributed by atoms with Gasteiger partial charge in [0.1, 0.15) is 5.56 Å². The van der Waals surface area contributed by atoms with Crippen molar-refractivity contribution >= 4 is 34.8 Å². The van der Waals surface area contributed by atoms with E-state index < -0.39 is 27.3 Å². The van der Waals surface area contributed by atoms with Crippen LogP contribution in [-0.2, 0) is 4.79 Å². The Morgan fingerprint density at radius 2 is 1.75 bits per heavy atom. The number of non-ortho nitro benzene ring substituents is 1. The van der Waals surface area contributed by atoms with Crippen LogP contribution in [0.3, 0.4) is 0 Å². The topological polar surface area (TPSA) is 153 Å². The van der Waals surface area contributed by atoms with Crippen LogP contribution in [0.2, 0.25) is 0 Å². The van der Waals surface area contributed by atoms with Crippen LogP contribution >= 0.6 is 0 Å². The Morgan fingerprint density at radius 3 is 2.44 bits per heavy atom. The molecule has 2 aromatic rings. The highest BCUT2D eigenvalue weighted by Gasteiger charge is 2.40. The molecule has 1 heterocycles. The van der Waals surface area contributed by atoms with E-state index in [9.17, 15) is 34.6 Å². The second-order valence-electron chi connectivity index (χ2n) is 7.33. The second-order valence-corrected chi connectivity index (χ2v) is 7.33. The van der Waals surface area contributed by atoms with Gasteiger partial charge in [0, 0.05) is 31.2 Å². The molecule has 3 amide bonds. The number of nitro groups is 2. The average Bonchev–Trinajstić information content (AvgIpc) is 2.99. The quantitative estimate of drug-likeness (QED) is 0.270. The summed E-state index contributed by atoms with van der Waals surface area (Å²) < 4.78 is 0. The lowest BCUT2D eigenvalue weighted by atomic mass is 10.1. The van der Waals surface area contributed by atoms with Crippen LogP contribution in [0.5, 0.6) is 0 Å². The molecule has 1 aliphatic rings.